The molecule has 1 aromatic carbocycles. The zero-order valence-electron chi connectivity index (χ0n) is 16.3. The molecule has 1 amide bonds. The van der Waals surface area contributed by atoms with E-state index in [4.69, 9.17) is 9.47 Å². The number of unbranched alkanes of at least 4 members (excludes halogenated alkanes) is 6. The molecule has 148 valence electrons. The molecule has 0 radical (unpaired) electrons. The van der Waals surface area contributed by atoms with Gasteiger partial charge in [0.25, 0.3) is 0 Å². The number of hydrogen-bond donors (Lipinski definition) is 1. The highest BCUT2D eigenvalue weighted by molar-refractivity contribution is 6.12. The number of ether oxygens (including phenoxy) is 2. The first kappa shape index (κ1) is 22.7. The van der Waals surface area contributed by atoms with Crippen molar-refractivity contribution in [1.29, 1.82) is 5.26 Å². The summed E-state index contributed by atoms with van der Waals surface area (Å²) in [7, 11) is 1.51. The largest absolute Gasteiger partial charge is 0.468 e. The minimum absolute atomic E-state index is 0.106. The van der Waals surface area contributed by atoms with Crippen molar-refractivity contribution in [2.75, 3.05) is 20.4 Å². The lowest BCUT2D eigenvalue weighted by Crippen LogP contribution is -2.35. The molecule has 1 atom stereocenters. The van der Waals surface area contributed by atoms with Gasteiger partial charge in [-0.15, -0.1) is 0 Å². The molecule has 0 saturated carbocycles. The molecule has 0 fully saturated rings. The molecule has 6 heteroatoms. The summed E-state index contributed by atoms with van der Waals surface area (Å²) in [6.45, 7) is 2.78. The molecule has 0 heterocycles. The maximum atomic E-state index is 12.4. The Morgan fingerprint density at radius 2 is 1.70 bits per heavy atom. The summed E-state index contributed by atoms with van der Waals surface area (Å²) in [5, 5.41) is 12.0. The number of amides is 1. The SMILES string of the molecule is CCCCCCCCCNC(=O)C(C#N)C(=O)c1ccc(OCOC)cc1. The van der Waals surface area contributed by atoms with Gasteiger partial charge in [-0.25, -0.2) is 0 Å². The van der Waals surface area contributed by atoms with Crippen LogP contribution in [0.25, 0.3) is 0 Å². The van der Waals surface area contributed by atoms with Crippen LogP contribution in [0.1, 0.15) is 62.2 Å². The van der Waals surface area contributed by atoms with E-state index in [1.807, 2.05) is 6.07 Å². The number of ketones is 1. The Labute approximate surface area is 161 Å². The van der Waals surface area contributed by atoms with Crippen molar-refractivity contribution in [1.82, 2.24) is 5.32 Å². The predicted molar refractivity (Wildman–Crippen MR) is 103 cm³/mol. The lowest BCUT2D eigenvalue weighted by atomic mass is 9.98. The molecule has 1 rings (SSSR count). The first-order valence-corrected chi connectivity index (χ1v) is 9.57. The third-order valence-electron chi connectivity index (χ3n) is 4.22. The molecule has 0 bridgehead atoms. The van der Waals surface area contributed by atoms with Crippen molar-refractivity contribution in [2.45, 2.75) is 51.9 Å². The van der Waals surface area contributed by atoms with Gasteiger partial charge in [-0.3, -0.25) is 9.59 Å². The highest BCUT2D eigenvalue weighted by Crippen LogP contribution is 2.15. The second-order valence-corrected chi connectivity index (χ2v) is 6.41. The van der Waals surface area contributed by atoms with E-state index in [9.17, 15) is 14.9 Å². The third-order valence-corrected chi connectivity index (χ3v) is 4.22. The number of benzene rings is 1. The van der Waals surface area contributed by atoms with Gasteiger partial charge in [0, 0.05) is 19.2 Å². The van der Waals surface area contributed by atoms with Crippen molar-refractivity contribution in [2.24, 2.45) is 5.92 Å². The molecule has 27 heavy (non-hydrogen) atoms. The second-order valence-electron chi connectivity index (χ2n) is 6.41. The van der Waals surface area contributed by atoms with Gasteiger partial charge in [0.15, 0.2) is 18.5 Å². The molecule has 0 spiro atoms. The van der Waals surface area contributed by atoms with E-state index in [0.29, 0.717) is 17.9 Å². The topological polar surface area (TPSA) is 88.4 Å². The Bertz CT molecular complexity index is 608. The Kier molecular flexibility index (Phi) is 11.5. The third kappa shape index (κ3) is 8.69. The lowest BCUT2D eigenvalue weighted by molar-refractivity contribution is -0.122. The number of nitrogens with zero attached hydrogens (tertiary/aromatic N) is 1. The Balaban J connectivity index is 2.41. The minimum atomic E-state index is -1.33. The Morgan fingerprint density at radius 3 is 2.30 bits per heavy atom. The fourth-order valence-corrected chi connectivity index (χ4v) is 2.64. The fraction of sp³-hybridized carbons (Fsp3) is 0.571. The summed E-state index contributed by atoms with van der Waals surface area (Å²) in [6.07, 6.45) is 8.00. The van der Waals surface area contributed by atoms with Crippen molar-refractivity contribution in [3.05, 3.63) is 29.8 Å². The van der Waals surface area contributed by atoms with Crippen molar-refractivity contribution < 1.29 is 19.1 Å². The maximum absolute atomic E-state index is 12.4. The van der Waals surface area contributed by atoms with Gasteiger partial charge in [-0.2, -0.15) is 5.26 Å². The van der Waals surface area contributed by atoms with Gasteiger partial charge in [0.05, 0.1) is 6.07 Å². The molecule has 0 aliphatic heterocycles. The van der Waals surface area contributed by atoms with Crippen LogP contribution in [-0.2, 0) is 9.53 Å². The number of rotatable bonds is 14. The number of hydrogen-bond acceptors (Lipinski definition) is 5. The average molecular weight is 374 g/mol. The summed E-state index contributed by atoms with van der Waals surface area (Å²) in [5.41, 5.74) is 0.303. The van der Waals surface area contributed by atoms with Crippen molar-refractivity contribution in [3.8, 4) is 11.8 Å². The van der Waals surface area contributed by atoms with Crippen LogP contribution in [0.4, 0.5) is 0 Å². The Hall–Kier alpha value is -2.39. The quantitative estimate of drug-likeness (QED) is 0.231. The van der Waals surface area contributed by atoms with E-state index in [2.05, 4.69) is 12.2 Å². The molecule has 0 saturated heterocycles. The summed E-state index contributed by atoms with van der Waals surface area (Å²) in [5.74, 6) is -1.83. The highest BCUT2D eigenvalue weighted by Gasteiger charge is 2.27. The summed E-state index contributed by atoms with van der Waals surface area (Å²) in [6, 6.07) is 8.11. The second kappa shape index (κ2) is 13.8. The van der Waals surface area contributed by atoms with E-state index in [0.717, 1.165) is 19.3 Å². The fourth-order valence-electron chi connectivity index (χ4n) is 2.64. The number of nitrogens with one attached hydrogen (secondary N) is 1. The number of carbonyl (C=O) groups excluding carboxylic acids is 2. The summed E-state index contributed by atoms with van der Waals surface area (Å²) in [4.78, 5) is 24.6. The van der Waals surface area contributed by atoms with Crippen LogP contribution in [-0.4, -0.2) is 32.1 Å². The monoisotopic (exact) mass is 374 g/mol. The molecule has 1 unspecified atom stereocenters. The molecule has 0 aliphatic rings. The summed E-state index contributed by atoms with van der Waals surface area (Å²) >= 11 is 0. The lowest BCUT2D eigenvalue weighted by Gasteiger charge is -2.10. The van der Waals surface area contributed by atoms with Crippen LogP contribution in [0, 0.1) is 17.2 Å². The minimum Gasteiger partial charge on any atom is -0.468 e. The zero-order valence-corrected chi connectivity index (χ0v) is 16.3. The molecular formula is C21H30N2O4. The molecule has 0 aliphatic carbocycles. The molecular weight excluding hydrogens is 344 g/mol. The normalized spacial score (nSPS) is 11.4. The van der Waals surface area contributed by atoms with Crippen molar-refractivity contribution in [3.63, 3.8) is 0 Å². The van der Waals surface area contributed by atoms with Crippen LogP contribution < -0.4 is 10.1 Å². The van der Waals surface area contributed by atoms with Gasteiger partial charge < -0.3 is 14.8 Å². The number of Topliss-reactive ketones (excluding diaryl/α,β-unsaturated/α-hetero) is 1. The van der Waals surface area contributed by atoms with E-state index < -0.39 is 17.6 Å². The summed E-state index contributed by atoms with van der Waals surface area (Å²) < 4.78 is 10.1. The van der Waals surface area contributed by atoms with Crippen LogP contribution in [0.15, 0.2) is 24.3 Å². The molecule has 1 aromatic rings. The first-order valence-electron chi connectivity index (χ1n) is 9.57. The van der Waals surface area contributed by atoms with E-state index in [-0.39, 0.29) is 6.79 Å². The van der Waals surface area contributed by atoms with E-state index in [1.54, 1.807) is 24.3 Å². The van der Waals surface area contributed by atoms with Gasteiger partial charge in [0.2, 0.25) is 5.91 Å². The predicted octanol–water partition coefficient (Wildman–Crippen LogP) is 3.86. The van der Waals surface area contributed by atoms with Crippen molar-refractivity contribution >= 4 is 11.7 Å². The highest BCUT2D eigenvalue weighted by atomic mass is 16.7. The molecule has 1 N–H and O–H groups in total. The maximum Gasteiger partial charge on any atom is 0.245 e. The molecule has 6 nitrogen and oxygen atoms in total. The van der Waals surface area contributed by atoms with Gasteiger partial charge in [-0.1, -0.05) is 45.4 Å². The van der Waals surface area contributed by atoms with Gasteiger partial charge in [-0.05, 0) is 30.7 Å². The Morgan fingerprint density at radius 1 is 1.07 bits per heavy atom. The van der Waals surface area contributed by atoms with Crippen LogP contribution in [0.2, 0.25) is 0 Å². The number of nitriles is 1. The van der Waals surface area contributed by atoms with E-state index >= 15 is 0 Å². The van der Waals surface area contributed by atoms with E-state index in [1.165, 1.54) is 32.8 Å². The van der Waals surface area contributed by atoms with Gasteiger partial charge >= 0.3 is 0 Å². The number of carbonyl (C=O) groups is 2. The van der Waals surface area contributed by atoms with Crippen LogP contribution in [0.3, 0.4) is 0 Å². The van der Waals surface area contributed by atoms with Crippen LogP contribution >= 0.6 is 0 Å². The number of methoxy groups -OCH3 is 1. The average Bonchev–Trinajstić information content (AvgIpc) is 2.69. The standard InChI is InChI=1S/C21H30N2O4/c1-3-4-5-6-7-8-9-14-23-21(25)19(15-22)20(24)17-10-12-18(13-11-17)27-16-26-2/h10-13,19H,3-9,14,16H2,1-2H3,(H,23,25). The zero-order chi connectivity index (χ0) is 19.9. The van der Waals surface area contributed by atoms with Gasteiger partial charge in [0.1, 0.15) is 5.75 Å². The molecule has 0 aromatic heterocycles. The van der Waals surface area contributed by atoms with Crippen LogP contribution in [0.5, 0.6) is 5.75 Å². The smallest absolute Gasteiger partial charge is 0.245 e. The first-order chi connectivity index (χ1) is 13.1.